The number of benzene rings is 1. The van der Waals surface area contributed by atoms with Gasteiger partial charge in [0.25, 0.3) is 0 Å². The normalized spacial score (nSPS) is 10.4. The molecule has 3 heteroatoms. The van der Waals surface area contributed by atoms with Gasteiger partial charge >= 0.3 is 0 Å². The average molecular weight is 230 g/mol. The topological polar surface area (TPSA) is 25.8 Å². The van der Waals surface area contributed by atoms with Crippen molar-refractivity contribution in [2.24, 2.45) is 0 Å². The SMILES string of the molecule is CSc1cc(C)nc(Cc2ccccc2)n1. The van der Waals surface area contributed by atoms with E-state index in [2.05, 4.69) is 22.1 Å². The Bertz CT molecular complexity index is 469. The lowest BCUT2D eigenvalue weighted by Crippen LogP contribution is -1.99. The van der Waals surface area contributed by atoms with E-state index >= 15 is 0 Å². The summed E-state index contributed by atoms with van der Waals surface area (Å²) in [6, 6.07) is 12.3. The maximum absolute atomic E-state index is 4.50. The van der Waals surface area contributed by atoms with Crippen molar-refractivity contribution in [3.8, 4) is 0 Å². The summed E-state index contributed by atoms with van der Waals surface area (Å²) in [6.45, 7) is 2.01. The van der Waals surface area contributed by atoms with E-state index < -0.39 is 0 Å². The summed E-state index contributed by atoms with van der Waals surface area (Å²) in [5.41, 5.74) is 2.28. The number of thioether (sulfide) groups is 1. The van der Waals surface area contributed by atoms with Crippen LogP contribution in [0.2, 0.25) is 0 Å². The molecule has 0 bridgehead atoms. The fraction of sp³-hybridized carbons (Fsp3) is 0.231. The molecule has 0 aliphatic rings. The molecule has 82 valence electrons. The van der Waals surface area contributed by atoms with E-state index in [1.165, 1.54) is 5.56 Å². The first-order valence-corrected chi connectivity index (χ1v) is 6.43. The van der Waals surface area contributed by atoms with E-state index in [0.717, 1.165) is 23.0 Å². The van der Waals surface area contributed by atoms with E-state index in [9.17, 15) is 0 Å². The first-order chi connectivity index (χ1) is 7.78. The highest BCUT2D eigenvalue weighted by Gasteiger charge is 2.02. The van der Waals surface area contributed by atoms with Crippen molar-refractivity contribution in [2.75, 3.05) is 6.26 Å². The van der Waals surface area contributed by atoms with Gasteiger partial charge in [-0.1, -0.05) is 30.3 Å². The van der Waals surface area contributed by atoms with Gasteiger partial charge in [-0.25, -0.2) is 9.97 Å². The van der Waals surface area contributed by atoms with Gasteiger partial charge in [0.15, 0.2) is 0 Å². The van der Waals surface area contributed by atoms with Crippen molar-refractivity contribution in [1.82, 2.24) is 9.97 Å². The second-order valence-electron chi connectivity index (χ2n) is 3.63. The lowest BCUT2D eigenvalue weighted by Gasteiger charge is -2.04. The highest BCUT2D eigenvalue weighted by atomic mass is 32.2. The molecule has 0 aliphatic carbocycles. The summed E-state index contributed by atoms with van der Waals surface area (Å²) in [6.07, 6.45) is 2.84. The van der Waals surface area contributed by atoms with Gasteiger partial charge < -0.3 is 0 Å². The van der Waals surface area contributed by atoms with Crippen LogP contribution in [0.3, 0.4) is 0 Å². The molecule has 16 heavy (non-hydrogen) atoms. The third kappa shape index (κ3) is 2.83. The minimum absolute atomic E-state index is 0.802. The largest absolute Gasteiger partial charge is 0.238 e. The van der Waals surface area contributed by atoms with Crippen molar-refractivity contribution < 1.29 is 0 Å². The van der Waals surface area contributed by atoms with Crippen LogP contribution in [0.4, 0.5) is 0 Å². The predicted octanol–water partition coefficient (Wildman–Crippen LogP) is 3.10. The van der Waals surface area contributed by atoms with E-state index in [0.29, 0.717) is 0 Å². The Kier molecular flexibility index (Phi) is 3.57. The molecule has 0 fully saturated rings. The number of nitrogens with zero attached hydrogens (tertiary/aromatic N) is 2. The molecule has 0 unspecified atom stereocenters. The molecule has 1 heterocycles. The monoisotopic (exact) mass is 230 g/mol. The molecule has 0 atom stereocenters. The average Bonchev–Trinajstić information content (AvgIpc) is 2.29. The van der Waals surface area contributed by atoms with Crippen LogP contribution >= 0.6 is 11.8 Å². The molecule has 1 aromatic carbocycles. The van der Waals surface area contributed by atoms with Crippen molar-refractivity contribution in [2.45, 2.75) is 18.4 Å². The van der Waals surface area contributed by atoms with Crippen molar-refractivity contribution in [3.05, 3.63) is 53.5 Å². The fourth-order valence-electron chi connectivity index (χ4n) is 1.56. The van der Waals surface area contributed by atoms with Gasteiger partial charge in [0.2, 0.25) is 0 Å². The third-order valence-electron chi connectivity index (χ3n) is 2.29. The van der Waals surface area contributed by atoms with Gasteiger partial charge in [0.1, 0.15) is 5.82 Å². The Balaban J connectivity index is 2.24. The molecular weight excluding hydrogens is 216 g/mol. The summed E-state index contributed by atoms with van der Waals surface area (Å²) in [5, 5.41) is 1.04. The number of rotatable bonds is 3. The lowest BCUT2D eigenvalue weighted by molar-refractivity contribution is 0.888. The zero-order valence-electron chi connectivity index (χ0n) is 9.47. The first kappa shape index (κ1) is 11.1. The minimum Gasteiger partial charge on any atom is -0.238 e. The van der Waals surface area contributed by atoms with Gasteiger partial charge in [0, 0.05) is 12.1 Å². The maximum atomic E-state index is 4.50. The Morgan fingerprint density at radius 3 is 2.56 bits per heavy atom. The molecule has 0 spiro atoms. The van der Waals surface area contributed by atoms with Gasteiger partial charge in [0.05, 0.1) is 5.03 Å². The third-order valence-corrected chi connectivity index (χ3v) is 2.92. The van der Waals surface area contributed by atoms with Gasteiger partial charge in [-0.2, -0.15) is 0 Å². The van der Waals surface area contributed by atoms with Gasteiger partial charge in [-0.05, 0) is 24.8 Å². The quantitative estimate of drug-likeness (QED) is 0.598. The highest BCUT2D eigenvalue weighted by Crippen LogP contribution is 2.14. The molecule has 0 N–H and O–H groups in total. The van der Waals surface area contributed by atoms with E-state index in [1.807, 2.05) is 37.4 Å². The standard InChI is InChI=1S/C13H14N2S/c1-10-8-13(16-2)15-12(14-10)9-11-6-4-3-5-7-11/h3-8H,9H2,1-2H3. The Morgan fingerprint density at radius 1 is 1.12 bits per heavy atom. The summed E-state index contributed by atoms with van der Waals surface area (Å²) < 4.78 is 0. The molecule has 0 aliphatic heterocycles. The number of hydrogen-bond acceptors (Lipinski definition) is 3. The zero-order chi connectivity index (χ0) is 11.4. The first-order valence-electron chi connectivity index (χ1n) is 5.20. The second-order valence-corrected chi connectivity index (χ2v) is 4.46. The van der Waals surface area contributed by atoms with Crippen LogP contribution in [-0.2, 0) is 6.42 Å². The second kappa shape index (κ2) is 5.12. The van der Waals surface area contributed by atoms with Crippen LogP contribution in [-0.4, -0.2) is 16.2 Å². The molecule has 1 aromatic heterocycles. The Morgan fingerprint density at radius 2 is 1.88 bits per heavy atom. The van der Waals surface area contributed by atoms with Crippen molar-refractivity contribution in [3.63, 3.8) is 0 Å². The maximum Gasteiger partial charge on any atom is 0.134 e. The zero-order valence-corrected chi connectivity index (χ0v) is 10.3. The molecule has 2 rings (SSSR count). The van der Waals surface area contributed by atoms with E-state index in [4.69, 9.17) is 0 Å². The smallest absolute Gasteiger partial charge is 0.134 e. The van der Waals surface area contributed by atoms with Gasteiger partial charge in [-0.15, -0.1) is 11.8 Å². The van der Waals surface area contributed by atoms with Crippen LogP contribution in [0.15, 0.2) is 41.4 Å². The van der Waals surface area contributed by atoms with Crippen LogP contribution in [0, 0.1) is 6.92 Å². The predicted molar refractivity (Wildman–Crippen MR) is 67.8 cm³/mol. The highest BCUT2D eigenvalue weighted by molar-refractivity contribution is 7.98. The molecule has 2 nitrogen and oxygen atoms in total. The molecule has 2 aromatic rings. The van der Waals surface area contributed by atoms with Crippen LogP contribution in [0.5, 0.6) is 0 Å². The summed E-state index contributed by atoms with van der Waals surface area (Å²) >= 11 is 1.66. The fourth-order valence-corrected chi connectivity index (χ4v) is 2.05. The van der Waals surface area contributed by atoms with Crippen LogP contribution in [0.25, 0.3) is 0 Å². The molecule has 0 amide bonds. The van der Waals surface area contributed by atoms with Gasteiger partial charge in [-0.3, -0.25) is 0 Å². The van der Waals surface area contributed by atoms with Crippen molar-refractivity contribution >= 4 is 11.8 Å². The number of aryl methyl sites for hydroxylation is 1. The Labute approximate surface area is 100 Å². The summed E-state index contributed by atoms with van der Waals surface area (Å²) in [4.78, 5) is 8.95. The number of hydrogen-bond donors (Lipinski definition) is 0. The summed E-state index contributed by atoms with van der Waals surface area (Å²) in [5.74, 6) is 0.899. The molecular formula is C13H14N2S. The van der Waals surface area contributed by atoms with Crippen LogP contribution < -0.4 is 0 Å². The summed E-state index contributed by atoms with van der Waals surface area (Å²) in [7, 11) is 0. The van der Waals surface area contributed by atoms with E-state index in [-0.39, 0.29) is 0 Å². The Hall–Kier alpha value is -1.35. The molecule has 0 saturated heterocycles. The minimum atomic E-state index is 0.802. The van der Waals surface area contributed by atoms with E-state index in [1.54, 1.807) is 11.8 Å². The van der Waals surface area contributed by atoms with Crippen LogP contribution in [0.1, 0.15) is 17.1 Å². The lowest BCUT2D eigenvalue weighted by atomic mass is 10.1. The molecule has 0 radical (unpaired) electrons. The number of aromatic nitrogens is 2. The molecule has 0 saturated carbocycles. The van der Waals surface area contributed by atoms with Crippen molar-refractivity contribution in [1.29, 1.82) is 0 Å².